The summed E-state index contributed by atoms with van der Waals surface area (Å²) in [7, 11) is 1.92. The molecule has 0 saturated heterocycles. The van der Waals surface area contributed by atoms with E-state index in [-0.39, 0.29) is 19.1 Å². The predicted octanol–water partition coefficient (Wildman–Crippen LogP) is 2.29. The van der Waals surface area contributed by atoms with Crippen molar-refractivity contribution in [1.29, 1.82) is 0 Å². The zero-order valence-corrected chi connectivity index (χ0v) is 15.0. The summed E-state index contributed by atoms with van der Waals surface area (Å²) in [5.74, 6) is -0.156. The van der Waals surface area contributed by atoms with E-state index in [9.17, 15) is 4.79 Å². The van der Waals surface area contributed by atoms with Crippen LogP contribution >= 0.6 is 0 Å². The predicted molar refractivity (Wildman–Crippen MR) is 101 cm³/mol. The lowest BCUT2D eigenvalue weighted by atomic mass is 10.0. The van der Waals surface area contributed by atoms with Gasteiger partial charge in [-0.15, -0.1) is 0 Å². The van der Waals surface area contributed by atoms with E-state index in [1.165, 1.54) is 0 Å². The lowest BCUT2D eigenvalue weighted by Crippen LogP contribution is -2.27. The molecule has 1 aromatic heterocycles. The molecule has 26 heavy (non-hydrogen) atoms. The number of carbonyl (C=O) groups excluding carboxylic acids is 1. The maximum Gasteiger partial charge on any atom is 0.251 e. The first-order valence-electron chi connectivity index (χ1n) is 8.61. The van der Waals surface area contributed by atoms with Crippen molar-refractivity contribution in [2.45, 2.75) is 6.92 Å². The van der Waals surface area contributed by atoms with Crippen molar-refractivity contribution in [2.24, 2.45) is 7.05 Å². The molecule has 136 valence electrons. The van der Waals surface area contributed by atoms with Gasteiger partial charge in [0.25, 0.3) is 5.91 Å². The number of aromatic nitrogens is 2. The van der Waals surface area contributed by atoms with E-state index in [1.807, 2.05) is 42.1 Å². The van der Waals surface area contributed by atoms with E-state index in [0.29, 0.717) is 18.7 Å². The number of aliphatic hydroxyl groups excluding tert-OH is 1. The summed E-state index contributed by atoms with van der Waals surface area (Å²) in [5, 5.41) is 17.2. The third kappa shape index (κ3) is 3.76. The maximum absolute atomic E-state index is 12.4. The second-order valence-electron chi connectivity index (χ2n) is 6.11. The minimum absolute atomic E-state index is 0.0204. The zero-order chi connectivity index (χ0) is 18.5. The fourth-order valence-corrected chi connectivity index (χ4v) is 3.00. The monoisotopic (exact) mass is 353 g/mol. The van der Waals surface area contributed by atoms with Gasteiger partial charge in [0.2, 0.25) is 0 Å². The Morgan fingerprint density at radius 2 is 2.04 bits per heavy atom. The molecule has 0 spiro atoms. The Kier molecular flexibility index (Phi) is 5.65. The topological polar surface area (TPSA) is 76.4 Å². The fourth-order valence-electron chi connectivity index (χ4n) is 3.00. The van der Waals surface area contributed by atoms with Crippen molar-refractivity contribution in [3.05, 3.63) is 53.6 Å². The third-order valence-corrected chi connectivity index (χ3v) is 4.25. The van der Waals surface area contributed by atoms with E-state index in [0.717, 1.165) is 27.7 Å². The van der Waals surface area contributed by atoms with Crippen molar-refractivity contribution in [3.63, 3.8) is 0 Å². The van der Waals surface area contributed by atoms with Gasteiger partial charge < -0.3 is 15.2 Å². The molecule has 6 heteroatoms. The molecule has 2 aromatic carbocycles. The molecule has 1 amide bonds. The van der Waals surface area contributed by atoms with Crippen LogP contribution in [0.4, 0.5) is 0 Å². The molecule has 0 atom stereocenters. The molecular formula is C20H23N3O3. The number of hydrogen-bond donors (Lipinski definition) is 2. The van der Waals surface area contributed by atoms with Crippen LogP contribution in [0.15, 0.2) is 42.5 Å². The van der Waals surface area contributed by atoms with Crippen LogP contribution in [0.3, 0.4) is 0 Å². The highest BCUT2D eigenvalue weighted by atomic mass is 16.5. The maximum atomic E-state index is 12.4. The number of hydrogen-bond acceptors (Lipinski definition) is 4. The Bertz CT molecular complexity index is 918. The van der Waals surface area contributed by atoms with E-state index in [4.69, 9.17) is 9.84 Å². The summed E-state index contributed by atoms with van der Waals surface area (Å²) in [6.45, 7) is 3.09. The second-order valence-corrected chi connectivity index (χ2v) is 6.11. The van der Waals surface area contributed by atoms with Crippen LogP contribution in [-0.4, -0.2) is 47.2 Å². The van der Waals surface area contributed by atoms with Crippen molar-refractivity contribution in [2.75, 3.05) is 26.4 Å². The van der Waals surface area contributed by atoms with Gasteiger partial charge in [-0.2, -0.15) is 5.10 Å². The summed E-state index contributed by atoms with van der Waals surface area (Å²) >= 11 is 0. The number of carbonyl (C=O) groups is 1. The first-order valence-corrected chi connectivity index (χ1v) is 8.61. The van der Waals surface area contributed by atoms with Gasteiger partial charge in [-0.1, -0.05) is 24.3 Å². The van der Waals surface area contributed by atoms with Crippen LogP contribution in [0.25, 0.3) is 22.2 Å². The minimum Gasteiger partial charge on any atom is -0.394 e. The SMILES string of the molecule is Cc1cccc2c1c(-c1cccc(C(=O)NCCOCCO)c1)nn2C. The molecule has 3 rings (SSSR count). The normalized spacial score (nSPS) is 11.0. The molecule has 0 bridgehead atoms. The quantitative estimate of drug-likeness (QED) is 0.639. The largest absolute Gasteiger partial charge is 0.394 e. The first kappa shape index (κ1) is 18.1. The first-order chi connectivity index (χ1) is 12.6. The van der Waals surface area contributed by atoms with Crippen LogP contribution in [0.1, 0.15) is 15.9 Å². The average molecular weight is 353 g/mol. The van der Waals surface area contributed by atoms with E-state index in [2.05, 4.69) is 23.4 Å². The summed E-state index contributed by atoms with van der Waals surface area (Å²) < 4.78 is 7.01. The number of amides is 1. The summed E-state index contributed by atoms with van der Waals surface area (Å²) in [6, 6.07) is 13.6. The standard InChI is InChI=1S/C20H23N3O3/c1-14-5-3-8-17-18(14)19(22-23(17)2)15-6-4-7-16(13-15)20(25)21-9-11-26-12-10-24/h3-8,13,24H,9-12H2,1-2H3,(H,21,25). The Balaban J connectivity index is 1.83. The van der Waals surface area contributed by atoms with Crippen LogP contribution in [-0.2, 0) is 11.8 Å². The molecule has 0 aliphatic carbocycles. The van der Waals surface area contributed by atoms with Gasteiger partial charge in [0.1, 0.15) is 5.69 Å². The van der Waals surface area contributed by atoms with Gasteiger partial charge in [0.15, 0.2) is 0 Å². The fraction of sp³-hybridized carbons (Fsp3) is 0.300. The Labute approximate surface area is 152 Å². The van der Waals surface area contributed by atoms with Gasteiger partial charge in [0, 0.05) is 30.1 Å². The number of fused-ring (bicyclic) bond motifs is 1. The second kappa shape index (κ2) is 8.12. The number of nitrogens with one attached hydrogen (secondary N) is 1. The van der Waals surface area contributed by atoms with Gasteiger partial charge in [-0.25, -0.2) is 0 Å². The Hall–Kier alpha value is -2.70. The number of aryl methyl sites for hydroxylation is 2. The van der Waals surface area contributed by atoms with Crippen molar-refractivity contribution < 1.29 is 14.6 Å². The molecule has 2 N–H and O–H groups in total. The zero-order valence-electron chi connectivity index (χ0n) is 15.0. The van der Waals surface area contributed by atoms with Gasteiger partial charge in [0.05, 0.1) is 25.3 Å². The number of benzene rings is 2. The summed E-state index contributed by atoms with van der Waals surface area (Å²) in [6.07, 6.45) is 0. The highest BCUT2D eigenvalue weighted by molar-refractivity contribution is 5.99. The average Bonchev–Trinajstić information content (AvgIpc) is 3.00. The lowest BCUT2D eigenvalue weighted by Gasteiger charge is -2.07. The molecule has 6 nitrogen and oxygen atoms in total. The third-order valence-electron chi connectivity index (χ3n) is 4.25. The highest BCUT2D eigenvalue weighted by Gasteiger charge is 2.14. The summed E-state index contributed by atoms with van der Waals surface area (Å²) in [4.78, 5) is 12.4. The molecule has 0 radical (unpaired) electrons. The Morgan fingerprint density at radius 1 is 1.23 bits per heavy atom. The number of nitrogens with zero attached hydrogens (tertiary/aromatic N) is 2. The number of aliphatic hydroxyl groups is 1. The molecule has 1 heterocycles. The molecule has 3 aromatic rings. The van der Waals surface area contributed by atoms with Crippen molar-refractivity contribution >= 4 is 16.8 Å². The molecular weight excluding hydrogens is 330 g/mol. The number of rotatable bonds is 7. The van der Waals surface area contributed by atoms with E-state index < -0.39 is 0 Å². The lowest BCUT2D eigenvalue weighted by molar-refractivity contribution is 0.0838. The summed E-state index contributed by atoms with van der Waals surface area (Å²) in [5.41, 5.74) is 4.59. The van der Waals surface area contributed by atoms with Crippen molar-refractivity contribution in [3.8, 4) is 11.3 Å². The van der Waals surface area contributed by atoms with E-state index in [1.54, 1.807) is 6.07 Å². The molecule has 0 saturated carbocycles. The van der Waals surface area contributed by atoms with Gasteiger partial charge in [-0.05, 0) is 30.7 Å². The van der Waals surface area contributed by atoms with Crippen LogP contribution in [0.2, 0.25) is 0 Å². The minimum atomic E-state index is -0.156. The smallest absolute Gasteiger partial charge is 0.251 e. The Morgan fingerprint density at radius 3 is 2.85 bits per heavy atom. The van der Waals surface area contributed by atoms with Crippen LogP contribution in [0.5, 0.6) is 0 Å². The van der Waals surface area contributed by atoms with Gasteiger partial charge >= 0.3 is 0 Å². The van der Waals surface area contributed by atoms with Crippen molar-refractivity contribution in [1.82, 2.24) is 15.1 Å². The van der Waals surface area contributed by atoms with Crippen LogP contribution in [0, 0.1) is 6.92 Å². The van der Waals surface area contributed by atoms with Crippen LogP contribution < -0.4 is 5.32 Å². The number of ether oxygens (including phenoxy) is 1. The van der Waals surface area contributed by atoms with Gasteiger partial charge in [-0.3, -0.25) is 9.48 Å². The molecule has 0 aliphatic heterocycles. The molecule has 0 aliphatic rings. The molecule has 0 fully saturated rings. The molecule has 0 unspecified atom stereocenters. The highest BCUT2D eigenvalue weighted by Crippen LogP contribution is 2.30. The van der Waals surface area contributed by atoms with E-state index >= 15 is 0 Å².